The average molecular weight is 288 g/mol. The van der Waals surface area contributed by atoms with E-state index in [1.165, 1.54) is 6.42 Å². The summed E-state index contributed by atoms with van der Waals surface area (Å²) in [5.74, 6) is 6.40. The van der Waals surface area contributed by atoms with Gasteiger partial charge in [0.25, 0.3) is 0 Å². The topological polar surface area (TPSA) is 35.8 Å². The first-order chi connectivity index (χ1) is 10.9. The fourth-order valence-corrected chi connectivity index (χ4v) is 2.10. The van der Waals surface area contributed by atoms with Gasteiger partial charge in [-0.1, -0.05) is 36.5 Å². The molecule has 2 nitrogen and oxygen atoms in total. The third-order valence-corrected chi connectivity index (χ3v) is 3.33. The summed E-state index contributed by atoms with van der Waals surface area (Å²) in [5.41, 5.74) is 2.86. The van der Waals surface area contributed by atoms with Gasteiger partial charge in [0.05, 0.1) is 11.6 Å². The fraction of sp³-hybridized carbons (Fsp3) is 0.250. The molecule has 0 saturated carbocycles. The monoisotopic (exact) mass is 288 g/mol. The number of hydrogen-bond donors (Lipinski definition) is 1. The summed E-state index contributed by atoms with van der Waals surface area (Å²) < 4.78 is 0. The van der Waals surface area contributed by atoms with Crippen molar-refractivity contribution in [2.75, 3.05) is 11.9 Å². The highest BCUT2D eigenvalue weighted by molar-refractivity contribution is 5.47. The summed E-state index contributed by atoms with van der Waals surface area (Å²) in [7, 11) is 0. The third-order valence-electron chi connectivity index (χ3n) is 3.33. The van der Waals surface area contributed by atoms with Gasteiger partial charge in [0.1, 0.15) is 0 Å². The molecule has 0 spiro atoms. The number of nitrogens with zero attached hydrogens (tertiary/aromatic N) is 1. The summed E-state index contributed by atoms with van der Waals surface area (Å²) in [6.07, 6.45) is 4.39. The Balaban J connectivity index is 1.56. The molecule has 2 aromatic carbocycles. The van der Waals surface area contributed by atoms with Crippen molar-refractivity contribution in [2.45, 2.75) is 25.7 Å². The third kappa shape index (κ3) is 5.73. The van der Waals surface area contributed by atoms with E-state index in [4.69, 9.17) is 5.26 Å². The Morgan fingerprint density at radius 1 is 0.818 bits per heavy atom. The van der Waals surface area contributed by atoms with Crippen LogP contribution in [0.25, 0.3) is 0 Å². The molecule has 0 saturated heterocycles. The summed E-state index contributed by atoms with van der Waals surface area (Å²) in [4.78, 5) is 0. The van der Waals surface area contributed by atoms with E-state index in [9.17, 15) is 0 Å². The van der Waals surface area contributed by atoms with Gasteiger partial charge in [0.2, 0.25) is 0 Å². The molecule has 0 bridgehead atoms. The van der Waals surface area contributed by atoms with Gasteiger partial charge in [-0.05, 0) is 49.2 Å². The Morgan fingerprint density at radius 2 is 1.59 bits per heavy atom. The maximum Gasteiger partial charge on any atom is 0.0991 e. The highest BCUT2D eigenvalue weighted by Gasteiger charge is 1.93. The SMILES string of the molecule is N#Cc1ccc(NCCCCCC#Cc2ccccc2)cc1. The van der Waals surface area contributed by atoms with Crippen LogP contribution in [-0.4, -0.2) is 6.54 Å². The maximum absolute atomic E-state index is 8.74. The zero-order valence-corrected chi connectivity index (χ0v) is 12.7. The van der Waals surface area contributed by atoms with Gasteiger partial charge in [0, 0.05) is 24.2 Å². The molecule has 0 unspecified atom stereocenters. The quantitative estimate of drug-likeness (QED) is 0.623. The first-order valence-corrected chi connectivity index (χ1v) is 7.66. The molecule has 0 fully saturated rings. The highest BCUT2D eigenvalue weighted by atomic mass is 14.9. The molecule has 0 aromatic heterocycles. The van der Waals surface area contributed by atoms with Gasteiger partial charge in [-0.3, -0.25) is 0 Å². The molecule has 110 valence electrons. The molecular formula is C20H20N2. The van der Waals surface area contributed by atoms with Gasteiger partial charge in [-0.15, -0.1) is 0 Å². The van der Waals surface area contributed by atoms with Crippen LogP contribution in [0.15, 0.2) is 54.6 Å². The second-order valence-corrected chi connectivity index (χ2v) is 5.09. The van der Waals surface area contributed by atoms with Gasteiger partial charge in [-0.25, -0.2) is 0 Å². The minimum atomic E-state index is 0.697. The van der Waals surface area contributed by atoms with Crippen LogP contribution in [0.4, 0.5) is 5.69 Å². The Bertz CT molecular complexity index is 655. The van der Waals surface area contributed by atoms with E-state index in [0.29, 0.717) is 5.56 Å². The van der Waals surface area contributed by atoms with Crippen molar-refractivity contribution in [3.05, 3.63) is 65.7 Å². The Kier molecular flexibility index (Phi) is 6.60. The molecule has 0 aliphatic carbocycles. The fourth-order valence-electron chi connectivity index (χ4n) is 2.10. The van der Waals surface area contributed by atoms with Crippen LogP contribution in [-0.2, 0) is 0 Å². The molecule has 22 heavy (non-hydrogen) atoms. The van der Waals surface area contributed by atoms with Gasteiger partial charge >= 0.3 is 0 Å². The lowest BCUT2D eigenvalue weighted by Crippen LogP contribution is -2.01. The molecule has 1 N–H and O–H groups in total. The molecule has 2 heteroatoms. The maximum atomic E-state index is 8.74. The number of rotatable bonds is 6. The molecule has 2 rings (SSSR count). The van der Waals surface area contributed by atoms with E-state index in [-0.39, 0.29) is 0 Å². The van der Waals surface area contributed by atoms with Crippen LogP contribution in [0, 0.1) is 23.2 Å². The molecule has 2 aromatic rings. The van der Waals surface area contributed by atoms with Crippen molar-refractivity contribution in [1.29, 1.82) is 5.26 Å². The van der Waals surface area contributed by atoms with Crippen molar-refractivity contribution >= 4 is 5.69 Å². The van der Waals surface area contributed by atoms with Gasteiger partial charge in [-0.2, -0.15) is 5.26 Å². The van der Waals surface area contributed by atoms with Crippen molar-refractivity contribution in [3.63, 3.8) is 0 Å². The molecule has 0 aliphatic rings. The largest absolute Gasteiger partial charge is 0.385 e. The summed E-state index contributed by atoms with van der Waals surface area (Å²) in [6, 6.07) is 19.8. The summed E-state index contributed by atoms with van der Waals surface area (Å²) in [5, 5.41) is 12.1. The normalized spacial score (nSPS) is 9.41. The molecular weight excluding hydrogens is 268 g/mol. The van der Waals surface area contributed by atoms with E-state index < -0.39 is 0 Å². The number of hydrogen-bond acceptors (Lipinski definition) is 2. The van der Waals surface area contributed by atoms with E-state index in [1.807, 2.05) is 54.6 Å². The van der Waals surface area contributed by atoms with Crippen molar-refractivity contribution in [1.82, 2.24) is 0 Å². The molecule has 0 heterocycles. The van der Waals surface area contributed by atoms with Crippen LogP contribution in [0.5, 0.6) is 0 Å². The van der Waals surface area contributed by atoms with Crippen LogP contribution in [0.1, 0.15) is 36.8 Å². The number of unbranched alkanes of at least 4 members (excludes halogenated alkanes) is 3. The second-order valence-electron chi connectivity index (χ2n) is 5.09. The number of nitrogens with one attached hydrogen (secondary N) is 1. The zero-order chi connectivity index (χ0) is 15.5. The first kappa shape index (κ1) is 15.7. The van der Waals surface area contributed by atoms with Crippen LogP contribution in [0.2, 0.25) is 0 Å². The van der Waals surface area contributed by atoms with Crippen molar-refractivity contribution in [2.24, 2.45) is 0 Å². The van der Waals surface area contributed by atoms with E-state index >= 15 is 0 Å². The second kappa shape index (κ2) is 9.27. The van der Waals surface area contributed by atoms with Crippen LogP contribution >= 0.6 is 0 Å². The minimum Gasteiger partial charge on any atom is -0.385 e. The summed E-state index contributed by atoms with van der Waals surface area (Å²) in [6.45, 7) is 0.956. The van der Waals surface area contributed by atoms with E-state index in [2.05, 4.69) is 23.2 Å². The van der Waals surface area contributed by atoms with Crippen LogP contribution < -0.4 is 5.32 Å². The summed E-state index contributed by atoms with van der Waals surface area (Å²) >= 11 is 0. The number of nitriles is 1. The first-order valence-electron chi connectivity index (χ1n) is 7.66. The number of benzene rings is 2. The standard InChI is InChI=1S/C20H20N2/c21-17-19-12-14-20(15-13-19)22-16-8-3-1-2-5-9-18-10-6-4-7-11-18/h4,6-7,10-15,22H,1-3,8,16H2. The minimum absolute atomic E-state index is 0.697. The Labute approximate surface area is 132 Å². The predicted molar refractivity (Wildman–Crippen MR) is 91.4 cm³/mol. The Hall–Kier alpha value is -2.71. The zero-order valence-electron chi connectivity index (χ0n) is 12.7. The molecule has 0 aliphatic heterocycles. The lowest BCUT2D eigenvalue weighted by molar-refractivity contribution is 0.715. The predicted octanol–water partition coefficient (Wildman–Crippen LogP) is 4.58. The van der Waals surface area contributed by atoms with E-state index in [0.717, 1.165) is 37.1 Å². The van der Waals surface area contributed by atoms with Gasteiger partial charge in [0.15, 0.2) is 0 Å². The average Bonchev–Trinajstić information content (AvgIpc) is 2.59. The number of anilines is 1. The highest BCUT2D eigenvalue weighted by Crippen LogP contribution is 2.09. The smallest absolute Gasteiger partial charge is 0.0991 e. The van der Waals surface area contributed by atoms with Crippen LogP contribution in [0.3, 0.4) is 0 Å². The lowest BCUT2D eigenvalue weighted by atomic mass is 10.1. The Morgan fingerprint density at radius 3 is 2.32 bits per heavy atom. The molecule has 0 radical (unpaired) electrons. The lowest BCUT2D eigenvalue weighted by Gasteiger charge is -2.05. The van der Waals surface area contributed by atoms with Gasteiger partial charge < -0.3 is 5.32 Å². The van der Waals surface area contributed by atoms with E-state index in [1.54, 1.807) is 0 Å². The van der Waals surface area contributed by atoms with Crippen molar-refractivity contribution < 1.29 is 0 Å². The molecule has 0 amide bonds. The van der Waals surface area contributed by atoms with Crippen molar-refractivity contribution in [3.8, 4) is 17.9 Å². The molecule has 0 atom stereocenters.